The summed E-state index contributed by atoms with van der Waals surface area (Å²) in [6, 6.07) is 2.10. The fraction of sp³-hybridized carbons (Fsp3) is 0.0714. The highest BCUT2D eigenvalue weighted by Crippen LogP contribution is 2.44. The highest BCUT2D eigenvalue weighted by Gasteiger charge is 2.40. The van der Waals surface area contributed by atoms with Crippen molar-refractivity contribution in [3.8, 4) is 17.2 Å². The van der Waals surface area contributed by atoms with Gasteiger partial charge in [0.1, 0.15) is 34.6 Å². The van der Waals surface area contributed by atoms with Crippen LogP contribution in [0.15, 0.2) is 21.1 Å². The van der Waals surface area contributed by atoms with Crippen molar-refractivity contribution in [2.45, 2.75) is 6.18 Å². The van der Waals surface area contributed by atoms with E-state index < -0.39 is 60.6 Å². The van der Waals surface area contributed by atoms with Crippen LogP contribution in [0.2, 0.25) is 0 Å². The largest absolute Gasteiger partial charge is 0.422 e. The van der Waals surface area contributed by atoms with Gasteiger partial charge in [0.2, 0.25) is 0 Å². The molecule has 10 heteroatoms. The first kappa shape index (κ1) is 18.7. The zero-order chi connectivity index (χ0) is 18.4. The first-order chi connectivity index (χ1) is 11.0. The fourth-order valence-corrected chi connectivity index (χ4v) is 3.15. The Bertz CT molecular complexity index is 885. The highest BCUT2D eigenvalue weighted by molar-refractivity contribution is 9.11. The minimum absolute atomic E-state index is 0.308. The number of alkyl halides is 3. The average molecular weight is 477 g/mol. The third-order valence-electron chi connectivity index (χ3n) is 2.99. The van der Waals surface area contributed by atoms with Crippen LogP contribution in [0.25, 0.3) is 11.1 Å². The number of benzene rings is 2. The summed E-state index contributed by atoms with van der Waals surface area (Å²) < 4.78 is 93.2. The molecule has 126 valence electrons. The smallest absolute Gasteiger partial charge is 0.206 e. The number of rotatable bonds is 1. The van der Waals surface area contributed by atoms with Gasteiger partial charge >= 0.3 is 6.18 Å². The summed E-state index contributed by atoms with van der Waals surface area (Å²) in [6.45, 7) is 0. The molecule has 0 N–H and O–H groups in total. The lowest BCUT2D eigenvalue weighted by Gasteiger charge is -2.16. The van der Waals surface area contributed by atoms with Crippen molar-refractivity contribution in [3.05, 3.63) is 55.5 Å². The van der Waals surface area contributed by atoms with E-state index in [2.05, 4.69) is 31.9 Å². The lowest BCUT2D eigenvalue weighted by Crippen LogP contribution is -2.13. The molecule has 0 aliphatic carbocycles. The van der Waals surface area contributed by atoms with Gasteiger partial charge in [-0.15, -0.1) is 0 Å². The molecule has 0 heterocycles. The molecule has 2 rings (SSSR count). The Morgan fingerprint density at radius 2 is 1.29 bits per heavy atom. The van der Waals surface area contributed by atoms with Crippen molar-refractivity contribution >= 4 is 31.9 Å². The summed E-state index contributed by atoms with van der Waals surface area (Å²) in [6.07, 6.45) is -5.38. The fourth-order valence-electron chi connectivity index (χ4n) is 2.00. The molecule has 0 atom stereocenters. The molecule has 0 saturated carbocycles. The molecule has 0 aliphatic heterocycles. The van der Waals surface area contributed by atoms with Gasteiger partial charge in [0, 0.05) is 20.1 Å². The maximum absolute atomic E-state index is 14.3. The first-order valence-corrected chi connectivity index (χ1v) is 7.42. The molecule has 0 unspecified atom stereocenters. The summed E-state index contributed by atoms with van der Waals surface area (Å²) in [5, 5.41) is 8.74. The van der Waals surface area contributed by atoms with Gasteiger partial charge in [-0.2, -0.15) is 18.4 Å². The standard InChI is InChI=1S/C14H2Br2F7N/c15-5-1-7(17)4(3-24)12(19)9(5)10-6(16)2-8(18)11(13(10)20)14(21,22)23/h1-2H. The average Bonchev–Trinajstić information content (AvgIpc) is 2.40. The van der Waals surface area contributed by atoms with Crippen LogP contribution in [0.1, 0.15) is 11.1 Å². The number of nitriles is 1. The second-order valence-electron chi connectivity index (χ2n) is 4.42. The number of hydrogen-bond acceptors (Lipinski definition) is 1. The van der Waals surface area contributed by atoms with E-state index in [0.717, 1.165) is 0 Å². The molecule has 0 saturated heterocycles. The monoisotopic (exact) mass is 475 g/mol. The molecule has 1 nitrogen and oxygen atoms in total. The summed E-state index contributed by atoms with van der Waals surface area (Å²) in [5.41, 5.74) is -5.18. The second kappa shape index (κ2) is 6.37. The second-order valence-corrected chi connectivity index (χ2v) is 6.13. The Morgan fingerprint density at radius 3 is 1.75 bits per heavy atom. The van der Waals surface area contributed by atoms with Crippen LogP contribution < -0.4 is 0 Å². The molecule has 2 aromatic rings. The summed E-state index contributed by atoms with van der Waals surface area (Å²) in [4.78, 5) is 0. The molecule has 0 fully saturated rings. The van der Waals surface area contributed by atoms with Crippen LogP contribution in [0.5, 0.6) is 0 Å². The topological polar surface area (TPSA) is 23.8 Å². The molecular formula is C14H2Br2F7N. The molecular weight excluding hydrogens is 475 g/mol. The van der Waals surface area contributed by atoms with Crippen LogP contribution in [-0.2, 0) is 6.18 Å². The van der Waals surface area contributed by atoms with Crippen molar-refractivity contribution in [2.75, 3.05) is 0 Å². The van der Waals surface area contributed by atoms with Crippen molar-refractivity contribution < 1.29 is 30.7 Å². The van der Waals surface area contributed by atoms with E-state index in [9.17, 15) is 30.7 Å². The van der Waals surface area contributed by atoms with Crippen LogP contribution in [0.3, 0.4) is 0 Å². The Balaban J connectivity index is 2.98. The summed E-state index contributed by atoms with van der Waals surface area (Å²) >= 11 is 5.37. The molecule has 0 bridgehead atoms. The van der Waals surface area contributed by atoms with Crippen molar-refractivity contribution in [3.63, 3.8) is 0 Å². The van der Waals surface area contributed by atoms with Crippen LogP contribution in [-0.4, -0.2) is 0 Å². The number of hydrogen-bond donors (Lipinski definition) is 0. The lowest BCUT2D eigenvalue weighted by molar-refractivity contribution is -0.142. The van der Waals surface area contributed by atoms with E-state index in [1.165, 1.54) is 6.07 Å². The number of nitrogens with zero attached hydrogens (tertiary/aromatic N) is 1. The third kappa shape index (κ3) is 3.02. The molecule has 2 aromatic carbocycles. The predicted molar refractivity (Wildman–Crippen MR) is 76.8 cm³/mol. The van der Waals surface area contributed by atoms with Gasteiger partial charge < -0.3 is 0 Å². The Morgan fingerprint density at radius 1 is 0.833 bits per heavy atom. The first-order valence-electron chi connectivity index (χ1n) is 5.83. The van der Waals surface area contributed by atoms with Crippen LogP contribution >= 0.6 is 31.9 Å². The van der Waals surface area contributed by atoms with Gasteiger partial charge in [-0.25, -0.2) is 17.6 Å². The third-order valence-corrected chi connectivity index (χ3v) is 4.24. The molecule has 0 radical (unpaired) electrons. The van der Waals surface area contributed by atoms with Gasteiger partial charge in [-0.05, 0) is 44.0 Å². The van der Waals surface area contributed by atoms with E-state index in [1.54, 1.807) is 0 Å². The molecule has 0 aromatic heterocycles. The van der Waals surface area contributed by atoms with Crippen molar-refractivity contribution in [1.82, 2.24) is 0 Å². The maximum Gasteiger partial charge on any atom is 0.422 e. The minimum atomic E-state index is -5.38. The highest BCUT2D eigenvalue weighted by atomic mass is 79.9. The van der Waals surface area contributed by atoms with Crippen LogP contribution in [0, 0.1) is 34.6 Å². The summed E-state index contributed by atoms with van der Waals surface area (Å²) in [5.74, 6) is -6.87. The molecule has 0 aliphatic rings. The van der Waals surface area contributed by atoms with E-state index >= 15 is 0 Å². The Hall–Kier alpha value is -1.60. The SMILES string of the molecule is N#Cc1c(F)cc(Br)c(-c2c(Br)cc(F)c(C(F)(F)F)c2F)c1F. The molecule has 0 amide bonds. The van der Waals surface area contributed by atoms with Gasteiger partial charge in [-0.3, -0.25) is 0 Å². The van der Waals surface area contributed by atoms with Gasteiger partial charge in [-0.1, -0.05) is 0 Å². The van der Waals surface area contributed by atoms with Gasteiger partial charge in [0.15, 0.2) is 5.82 Å². The molecule has 0 spiro atoms. The predicted octanol–water partition coefficient (Wildman–Crippen LogP) is 6.33. The summed E-state index contributed by atoms with van der Waals surface area (Å²) in [7, 11) is 0. The maximum atomic E-state index is 14.3. The van der Waals surface area contributed by atoms with Crippen molar-refractivity contribution in [1.29, 1.82) is 5.26 Å². The van der Waals surface area contributed by atoms with Gasteiger partial charge in [0.25, 0.3) is 0 Å². The number of halogens is 9. The van der Waals surface area contributed by atoms with E-state index in [0.29, 0.717) is 12.1 Å². The quantitative estimate of drug-likeness (QED) is 0.441. The zero-order valence-corrected chi connectivity index (χ0v) is 14.2. The van der Waals surface area contributed by atoms with Gasteiger partial charge in [0.05, 0.1) is 0 Å². The van der Waals surface area contributed by atoms with E-state index in [1.807, 2.05) is 0 Å². The minimum Gasteiger partial charge on any atom is -0.206 e. The Kier molecular flexibility index (Phi) is 4.97. The lowest BCUT2D eigenvalue weighted by atomic mass is 9.98. The van der Waals surface area contributed by atoms with Crippen molar-refractivity contribution in [2.24, 2.45) is 0 Å². The normalized spacial score (nSPS) is 11.5. The van der Waals surface area contributed by atoms with E-state index in [4.69, 9.17) is 5.26 Å². The zero-order valence-electron chi connectivity index (χ0n) is 11.0. The Labute approximate surface area is 147 Å². The van der Waals surface area contributed by atoms with E-state index in [-0.39, 0.29) is 0 Å². The molecule has 24 heavy (non-hydrogen) atoms. The van der Waals surface area contributed by atoms with Crippen LogP contribution in [0.4, 0.5) is 30.7 Å².